The Kier molecular flexibility index (Phi) is 7.72. The van der Waals surface area contributed by atoms with Crippen LogP contribution in [0.4, 0.5) is 19.6 Å². The molecular weight excluding hydrogens is 520 g/mol. The van der Waals surface area contributed by atoms with E-state index >= 15 is 0 Å². The largest absolute Gasteiger partial charge is 0.343 e. The zero-order chi connectivity index (χ0) is 27.6. The highest BCUT2D eigenvalue weighted by molar-refractivity contribution is 7.15. The van der Waals surface area contributed by atoms with Gasteiger partial charge in [0.2, 0.25) is 0 Å². The second kappa shape index (κ2) is 11.2. The number of hydrogen-bond acceptors (Lipinski definition) is 7. The molecule has 4 heterocycles. The minimum absolute atomic E-state index is 0.0647. The van der Waals surface area contributed by atoms with Gasteiger partial charge in [0.05, 0.1) is 24.1 Å². The van der Waals surface area contributed by atoms with Crippen LogP contribution in [0.25, 0.3) is 11.0 Å². The molecule has 1 amide bonds. The average molecular weight is 552 g/mol. The Bertz CT molecular complexity index is 1470. The lowest BCUT2D eigenvalue weighted by atomic mass is 10.1. The number of likely N-dealkylation sites (N-methyl/N-ethyl adjacent to an activating group) is 1. The quantitative estimate of drug-likeness (QED) is 0.233. The van der Waals surface area contributed by atoms with E-state index in [0.717, 1.165) is 42.0 Å². The normalized spacial score (nSPS) is 16.9. The third-order valence-electron chi connectivity index (χ3n) is 7.04. The van der Waals surface area contributed by atoms with Crippen molar-refractivity contribution in [2.75, 3.05) is 25.0 Å². The molecule has 1 aliphatic rings. The number of carbonyl (C=O) groups excluding carboxylic acids is 1. The maximum atomic E-state index is 14.1. The van der Waals surface area contributed by atoms with E-state index in [-0.39, 0.29) is 17.5 Å². The molecule has 4 aromatic rings. The lowest BCUT2D eigenvalue weighted by molar-refractivity contribution is -0.000837. The number of nitrogens with one attached hydrogen (secondary N) is 2. The molecule has 2 N–H and O–H groups in total. The Morgan fingerprint density at radius 3 is 2.77 bits per heavy atom. The first-order valence-corrected chi connectivity index (χ1v) is 13.8. The van der Waals surface area contributed by atoms with Gasteiger partial charge in [-0.15, -0.1) is 6.58 Å². The molecule has 1 fully saturated rings. The van der Waals surface area contributed by atoms with Crippen molar-refractivity contribution < 1.29 is 13.6 Å². The van der Waals surface area contributed by atoms with Gasteiger partial charge in [-0.2, -0.15) is 0 Å². The molecule has 1 aliphatic heterocycles. The van der Waals surface area contributed by atoms with Crippen LogP contribution in [-0.4, -0.2) is 50.0 Å². The molecule has 0 bridgehead atoms. The topological polar surface area (TPSA) is 88.0 Å². The summed E-state index contributed by atoms with van der Waals surface area (Å²) in [5.41, 5.74) is 2.58. The number of pyridine rings is 1. The van der Waals surface area contributed by atoms with Crippen LogP contribution in [0.1, 0.15) is 59.7 Å². The number of alkyl halides is 2. The Balaban J connectivity index is 1.23. The number of allylic oxidation sites excluding steroid dienone is 1. The molecule has 0 saturated carbocycles. The van der Waals surface area contributed by atoms with E-state index in [1.54, 1.807) is 30.6 Å². The summed E-state index contributed by atoms with van der Waals surface area (Å²) in [6, 6.07) is 7.81. The zero-order valence-corrected chi connectivity index (χ0v) is 22.7. The highest BCUT2D eigenvalue weighted by atomic mass is 32.1. The van der Waals surface area contributed by atoms with E-state index in [9.17, 15) is 13.6 Å². The highest BCUT2D eigenvalue weighted by Gasteiger charge is 2.29. The van der Waals surface area contributed by atoms with Gasteiger partial charge < -0.3 is 20.1 Å². The van der Waals surface area contributed by atoms with Crippen LogP contribution in [0.2, 0.25) is 0 Å². The van der Waals surface area contributed by atoms with Crippen LogP contribution in [0.15, 0.2) is 61.7 Å². The lowest BCUT2D eigenvalue weighted by Gasteiger charge is -2.15. The summed E-state index contributed by atoms with van der Waals surface area (Å²) in [7, 11) is 0. The molecule has 204 valence electrons. The Labute approximate surface area is 229 Å². The van der Waals surface area contributed by atoms with Crippen LogP contribution in [0.3, 0.4) is 0 Å². The van der Waals surface area contributed by atoms with Crippen molar-refractivity contribution in [2.24, 2.45) is 0 Å². The lowest BCUT2D eigenvalue weighted by Crippen LogP contribution is -2.27. The number of imidazole rings is 1. The van der Waals surface area contributed by atoms with Crippen LogP contribution >= 0.6 is 11.3 Å². The van der Waals surface area contributed by atoms with Gasteiger partial charge in [-0.3, -0.25) is 4.79 Å². The van der Waals surface area contributed by atoms with E-state index in [1.807, 2.05) is 13.3 Å². The number of benzene rings is 1. The van der Waals surface area contributed by atoms with Crippen molar-refractivity contribution in [3.8, 4) is 0 Å². The molecule has 1 saturated heterocycles. The molecule has 2 atom stereocenters. The molecule has 0 radical (unpaired) electrons. The average Bonchev–Trinajstić information content (AvgIpc) is 3.68. The molecule has 1 aromatic carbocycles. The number of amides is 1. The Hall–Kier alpha value is -3.70. The minimum Gasteiger partial charge on any atom is -0.343 e. The summed E-state index contributed by atoms with van der Waals surface area (Å²) in [6.45, 7) is 10.5. The van der Waals surface area contributed by atoms with Crippen molar-refractivity contribution in [1.29, 1.82) is 0 Å². The first-order valence-electron chi connectivity index (χ1n) is 12.9. The number of likely N-dealkylation sites (tertiary alicyclic amines) is 1. The number of nitrogens with zero attached hydrogens (tertiary/aromatic N) is 5. The summed E-state index contributed by atoms with van der Waals surface area (Å²) in [5, 5.41) is 6.73. The number of fused-ring (bicyclic) bond motifs is 1. The van der Waals surface area contributed by atoms with E-state index in [0.29, 0.717) is 22.6 Å². The van der Waals surface area contributed by atoms with E-state index in [2.05, 4.69) is 48.6 Å². The van der Waals surface area contributed by atoms with Crippen molar-refractivity contribution in [2.45, 2.75) is 44.7 Å². The molecule has 8 nitrogen and oxygen atoms in total. The molecule has 39 heavy (non-hydrogen) atoms. The van der Waals surface area contributed by atoms with Gasteiger partial charge in [0.15, 0.2) is 5.13 Å². The molecule has 0 unspecified atom stereocenters. The Morgan fingerprint density at radius 1 is 1.26 bits per heavy atom. The second-order valence-corrected chi connectivity index (χ2v) is 10.8. The van der Waals surface area contributed by atoms with E-state index < -0.39 is 12.3 Å². The molecule has 11 heteroatoms. The number of hydrogen-bond donors (Lipinski definition) is 2. The third-order valence-corrected chi connectivity index (χ3v) is 8.13. The Morgan fingerprint density at radius 2 is 2.05 bits per heavy atom. The van der Waals surface area contributed by atoms with Crippen LogP contribution in [-0.2, 0) is 5.92 Å². The fraction of sp³-hybridized carbons (Fsp3) is 0.357. The molecular formula is C28H31F2N7OS. The van der Waals surface area contributed by atoms with Crippen LogP contribution in [0, 0.1) is 0 Å². The van der Waals surface area contributed by atoms with Crippen molar-refractivity contribution >= 4 is 39.1 Å². The zero-order valence-electron chi connectivity index (χ0n) is 21.9. The molecule has 5 rings (SSSR count). The number of thiazole rings is 1. The summed E-state index contributed by atoms with van der Waals surface area (Å²) in [6.07, 6.45) is 7.02. The summed E-state index contributed by atoms with van der Waals surface area (Å²) < 4.78 is 30.3. The van der Waals surface area contributed by atoms with Gasteiger partial charge in [0, 0.05) is 47.9 Å². The van der Waals surface area contributed by atoms with Gasteiger partial charge >= 0.3 is 0 Å². The van der Waals surface area contributed by atoms with E-state index in [4.69, 9.17) is 0 Å². The molecule has 0 spiro atoms. The molecule has 3 aromatic heterocycles. The van der Waals surface area contributed by atoms with Gasteiger partial charge in [-0.1, -0.05) is 36.5 Å². The molecule has 0 aliphatic carbocycles. The predicted octanol–water partition coefficient (Wildman–Crippen LogP) is 6.06. The maximum absolute atomic E-state index is 14.1. The van der Waals surface area contributed by atoms with Crippen molar-refractivity contribution in [1.82, 2.24) is 29.7 Å². The van der Waals surface area contributed by atoms with Gasteiger partial charge in [0.25, 0.3) is 11.8 Å². The number of halogens is 2. The highest BCUT2D eigenvalue weighted by Crippen LogP contribution is 2.33. The summed E-state index contributed by atoms with van der Waals surface area (Å²) in [4.78, 5) is 29.5. The third kappa shape index (κ3) is 5.84. The first-order chi connectivity index (χ1) is 18.8. The number of carbonyl (C=O) groups is 1. The predicted molar refractivity (Wildman–Crippen MR) is 150 cm³/mol. The van der Waals surface area contributed by atoms with Gasteiger partial charge in [-0.25, -0.2) is 23.7 Å². The minimum atomic E-state index is -2.95. The van der Waals surface area contributed by atoms with Gasteiger partial charge in [0.1, 0.15) is 11.2 Å². The summed E-state index contributed by atoms with van der Waals surface area (Å²) >= 11 is 1.38. The van der Waals surface area contributed by atoms with Crippen molar-refractivity contribution in [3.05, 3.63) is 77.8 Å². The monoisotopic (exact) mass is 551 g/mol. The SMILES string of the molecule is C=CCC(F)(F)c1ccc(Nc2ncc([C@@H](C)NC(=O)c3cc4c(cn3)ncn4[C@@H]3CCN(CC)C3)s2)cc1. The smallest absolute Gasteiger partial charge is 0.276 e. The van der Waals surface area contributed by atoms with Crippen LogP contribution in [0.5, 0.6) is 0 Å². The second-order valence-electron chi connectivity index (χ2n) is 9.71. The fourth-order valence-corrected chi connectivity index (χ4v) is 5.62. The summed E-state index contributed by atoms with van der Waals surface area (Å²) in [5.74, 6) is -3.23. The van der Waals surface area contributed by atoms with E-state index in [1.165, 1.54) is 29.5 Å². The standard InChI is InChI=1S/C28H31F2N7OS/c1-4-11-28(29,30)19-6-8-20(9-7-19)35-27-32-15-25(39-27)18(3)34-26(38)22-13-24-23(14-31-22)33-17-37(24)21-10-12-36(5-2)16-21/h4,6-9,13-15,17-18,21H,1,5,10-12,16H2,2-3H3,(H,32,35)(H,34,38)/t18-,21-/m1/s1. The number of anilines is 2. The van der Waals surface area contributed by atoms with Crippen molar-refractivity contribution in [3.63, 3.8) is 0 Å². The van der Waals surface area contributed by atoms with Gasteiger partial charge in [-0.05, 0) is 38.1 Å². The fourth-order valence-electron chi connectivity index (χ4n) is 4.78. The van der Waals surface area contributed by atoms with Crippen LogP contribution < -0.4 is 10.6 Å². The maximum Gasteiger partial charge on any atom is 0.276 e. The number of aromatic nitrogens is 4. The first kappa shape index (κ1) is 26.9. The number of rotatable bonds is 10.